The van der Waals surface area contributed by atoms with E-state index in [1.54, 1.807) is 29.6 Å². The molecule has 0 bridgehead atoms. The third-order valence-corrected chi connectivity index (χ3v) is 5.74. The fourth-order valence-corrected chi connectivity index (χ4v) is 4.06. The molecule has 29 heavy (non-hydrogen) atoms. The molecule has 0 radical (unpaired) electrons. The normalized spacial score (nSPS) is 18.6. The smallest absolute Gasteiger partial charge is 0.232 e. The second-order valence-corrected chi connectivity index (χ2v) is 7.83. The lowest BCUT2D eigenvalue weighted by Gasteiger charge is -2.17. The van der Waals surface area contributed by atoms with Crippen molar-refractivity contribution in [2.75, 3.05) is 19.0 Å². The van der Waals surface area contributed by atoms with Crippen LogP contribution < -0.4 is 20.9 Å². The van der Waals surface area contributed by atoms with Gasteiger partial charge in [0, 0.05) is 22.5 Å². The molecule has 1 aliphatic rings. The van der Waals surface area contributed by atoms with Gasteiger partial charge in [0.25, 0.3) is 0 Å². The molecule has 1 amide bonds. The minimum absolute atomic E-state index is 0.149. The average molecular weight is 433 g/mol. The number of rotatable bonds is 5. The van der Waals surface area contributed by atoms with E-state index in [4.69, 9.17) is 16.3 Å². The van der Waals surface area contributed by atoms with Crippen molar-refractivity contribution < 1.29 is 13.9 Å². The number of anilines is 1. The second kappa shape index (κ2) is 8.46. The van der Waals surface area contributed by atoms with Crippen LogP contribution in [0, 0.1) is 11.7 Å². The predicted octanol–water partition coefficient (Wildman–Crippen LogP) is 4.02. The largest absolute Gasteiger partial charge is 0.494 e. The molecule has 4 rings (SSSR count). The zero-order valence-electron chi connectivity index (χ0n) is 15.4. The number of carbonyl (C=O) groups excluding carboxylic acids is 1. The maximum absolute atomic E-state index is 13.9. The van der Waals surface area contributed by atoms with E-state index in [1.165, 1.54) is 24.5 Å². The van der Waals surface area contributed by atoms with E-state index in [-0.39, 0.29) is 23.6 Å². The van der Waals surface area contributed by atoms with E-state index in [2.05, 4.69) is 21.2 Å². The van der Waals surface area contributed by atoms with Crippen molar-refractivity contribution in [1.82, 2.24) is 15.8 Å². The number of benzene rings is 2. The maximum Gasteiger partial charge on any atom is 0.232 e. The van der Waals surface area contributed by atoms with Crippen molar-refractivity contribution in [3.8, 4) is 17.0 Å². The van der Waals surface area contributed by atoms with Crippen molar-refractivity contribution >= 4 is 34.0 Å². The predicted molar refractivity (Wildman–Crippen MR) is 112 cm³/mol. The summed E-state index contributed by atoms with van der Waals surface area (Å²) in [6.45, 7) is 0.487. The van der Waals surface area contributed by atoms with Crippen molar-refractivity contribution in [2.24, 2.45) is 5.92 Å². The van der Waals surface area contributed by atoms with Crippen LogP contribution in [0.5, 0.6) is 5.75 Å². The number of ether oxygens (including phenoxy) is 1. The molecular weight excluding hydrogens is 415 g/mol. The van der Waals surface area contributed by atoms with Crippen LogP contribution in [0.3, 0.4) is 0 Å². The molecule has 0 aliphatic carbocycles. The van der Waals surface area contributed by atoms with E-state index in [0.717, 1.165) is 5.56 Å². The number of halogens is 2. The topological polar surface area (TPSA) is 75.3 Å². The lowest BCUT2D eigenvalue weighted by molar-refractivity contribution is -0.119. The van der Waals surface area contributed by atoms with Gasteiger partial charge in [0.2, 0.25) is 5.91 Å². The summed E-state index contributed by atoms with van der Waals surface area (Å²) in [7, 11) is 1.42. The SMILES string of the molecule is COc1ccc(-c2csc(NC(=O)C3CNNC3c3ccc(Cl)cc3)n2)cc1F. The number of carbonyl (C=O) groups is 1. The number of thiazole rings is 1. The number of nitrogens with one attached hydrogen (secondary N) is 3. The van der Waals surface area contributed by atoms with E-state index in [0.29, 0.717) is 28.0 Å². The molecule has 2 atom stereocenters. The molecule has 2 unspecified atom stereocenters. The molecule has 0 spiro atoms. The maximum atomic E-state index is 13.9. The zero-order chi connectivity index (χ0) is 20.4. The molecule has 2 aromatic carbocycles. The summed E-state index contributed by atoms with van der Waals surface area (Å²) in [5.74, 6) is -0.754. The summed E-state index contributed by atoms with van der Waals surface area (Å²) in [5.41, 5.74) is 8.34. The molecular formula is C20H18ClFN4O2S. The van der Waals surface area contributed by atoms with Gasteiger partial charge >= 0.3 is 0 Å². The molecule has 6 nitrogen and oxygen atoms in total. The lowest BCUT2D eigenvalue weighted by Crippen LogP contribution is -2.29. The standard InChI is InChI=1S/C20H18ClFN4O2S/c1-28-17-7-4-12(8-15(17)22)16-10-29-20(24-16)25-19(27)14-9-23-26-18(14)11-2-5-13(21)6-3-11/h2-8,10,14,18,23,26H,9H2,1H3,(H,24,25,27). The highest BCUT2D eigenvalue weighted by atomic mass is 35.5. The average Bonchev–Trinajstić information content (AvgIpc) is 3.38. The molecule has 0 saturated carbocycles. The van der Waals surface area contributed by atoms with Gasteiger partial charge < -0.3 is 10.1 Å². The Morgan fingerprint density at radius 2 is 2.10 bits per heavy atom. The summed E-state index contributed by atoms with van der Waals surface area (Å²) in [6, 6.07) is 11.8. The molecule has 3 aromatic rings. The van der Waals surface area contributed by atoms with Crippen LogP contribution in [-0.4, -0.2) is 24.5 Å². The molecule has 9 heteroatoms. The number of hydrogen-bond donors (Lipinski definition) is 3. The Bertz CT molecular complexity index is 1030. The van der Waals surface area contributed by atoms with Gasteiger partial charge in [-0.2, -0.15) is 0 Å². The van der Waals surface area contributed by atoms with Gasteiger partial charge in [-0.15, -0.1) is 11.3 Å². The molecule has 1 aliphatic heterocycles. The van der Waals surface area contributed by atoms with Crippen LogP contribution in [0.15, 0.2) is 47.8 Å². The summed E-state index contributed by atoms with van der Waals surface area (Å²) >= 11 is 7.24. The van der Waals surface area contributed by atoms with Crippen LogP contribution in [-0.2, 0) is 4.79 Å². The second-order valence-electron chi connectivity index (χ2n) is 6.54. The first-order valence-electron chi connectivity index (χ1n) is 8.89. The minimum Gasteiger partial charge on any atom is -0.494 e. The highest BCUT2D eigenvalue weighted by molar-refractivity contribution is 7.14. The molecule has 1 aromatic heterocycles. The van der Waals surface area contributed by atoms with E-state index >= 15 is 0 Å². The van der Waals surface area contributed by atoms with Gasteiger partial charge in [-0.25, -0.2) is 14.8 Å². The monoisotopic (exact) mass is 432 g/mol. The van der Waals surface area contributed by atoms with Crippen LogP contribution in [0.4, 0.5) is 9.52 Å². The third-order valence-electron chi connectivity index (χ3n) is 4.73. The van der Waals surface area contributed by atoms with Gasteiger partial charge in [-0.3, -0.25) is 10.2 Å². The number of amides is 1. The van der Waals surface area contributed by atoms with E-state index in [1.807, 2.05) is 12.1 Å². The molecule has 1 fully saturated rings. The number of nitrogens with zero attached hydrogens (tertiary/aromatic N) is 1. The Kier molecular flexibility index (Phi) is 5.77. The number of methoxy groups -OCH3 is 1. The summed E-state index contributed by atoms with van der Waals surface area (Å²) in [6.07, 6.45) is 0. The Morgan fingerprint density at radius 3 is 2.83 bits per heavy atom. The first-order valence-corrected chi connectivity index (χ1v) is 10.1. The number of hydrogen-bond acceptors (Lipinski definition) is 6. The fourth-order valence-electron chi connectivity index (χ4n) is 3.21. The van der Waals surface area contributed by atoms with Crippen molar-refractivity contribution in [2.45, 2.75) is 6.04 Å². The molecule has 150 valence electrons. The zero-order valence-corrected chi connectivity index (χ0v) is 17.0. The van der Waals surface area contributed by atoms with Gasteiger partial charge in [0.15, 0.2) is 16.7 Å². The number of aromatic nitrogens is 1. The van der Waals surface area contributed by atoms with E-state index in [9.17, 15) is 9.18 Å². The van der Waals surface area contributed by atoms with Gasteiger partial charge in [0.1, 0.15) is 0 Å². The highest BCUT2D eigenvalue weighted by Crippen LogP contribution is 2.30. The lowest BCUT2D eigenvalue weighted by atomic mass is 9.94. The molecule has 3 N–H and O–H groups in total. The van der Waals surface area contributed by atoms with Crippen LogP contribution >= 0.6 is 22.9 Å². The Balaban J connectivity index is 1.47. The van der Waals surface area contributed by atoms with Crippen molar-refractivity contribution in [3.05, 3.63) is 64.2 Å². The Labute approximate surface area is 176 Å². The van der Waals surface area contributed by atoms with Gasteiger partial charge in [0.05, 0.1) is 24.8 Å². The van der Waals surface area contributed by atoms with Crippen LogP contribution in [0.25, 0.3) is 11.3 Å². The van der Waals surface area contributed by atoms with Crippen molar-refractivity contribution in [1.29, 1.82) is 0 Å². The third kappa shape index (κ3) is 4.25. The Morgan fingerprint density at radius 1 is 1.31 bits per heavy atom. The van der Waals surface area contributed by atoms with E-state index < -0.39 is 5.82 Å². The summed E-state index contributed by atoms with van der Waals surface area (Å²) in [4.78, 5) is 17.2. The summed E-state index contributed by atoms with van der Waals surface area (Å²) < 4.78 is 18.9. The first kappa shape index (κ1) is 19.8. The fraction of sp³-hybridized carbons (Fsp3) is 0.200. The van der Waals surface area contributed by atoms with Gasteiger partial charge in [-0.1, -0.05) is 23.7 Å². The highest BCUT2D eigenvalue weighted by Gasteiger charge is 2.34. The Hall–Kier alpha value is -2.52. The minimum atomic E-state index is -0.461. The quantitative estimate of drug-likeness (QED) is 0.568. The number of hydrazine groups is 1. The van der Waals surface area contributed by atoms with Crippen molar-refractivity contribution in [3.63, 3.8) is 0 Å². The van der Waals surface area contributed by atoms with Crippen LogP contribution in [0.2, 0.25) is 5.02 Å². The van der Waals surface area contributed by atoms with Gasteiger partial charge in [-0.05, 0) is 35.9 Å². The summed E-state index contributed by atoms with van der Waals surface area (Å²) in [5, 5.41) is 5.75. The molecule has 1 saturated heterocycles. The molecule has 2 heterocycles. The first-order chi connectivity index (χ1) is 14.0. The van der Waals surface area contributed by atoms with Crippen LogP contribution in [0.1, 0.15) is 11.6 Å².